The van der Waals surface area contributed by atoms with Gasteiger partial charge in [0.05, 0.1) is 17.8 Å². The Labute approximate surface area is 168 Å². The lowest BCUT2D eigenvalue weighted by molar-refractivity contribution is 0.102. The van der Waals surface area contributed by atoms with Crippen molar-refractivity contribution < 1.29 is 4.79 Å². The molecule has 5 rings (SSSR count). The Morgan fingerprint density at radius 2 is 1.93 bits per heavy atom. The normalized spacial score (nSPS) is 14.9. The van der Waals surface area contributed by atoms with Gasteiger partial charge in [0.1, 0.15) is 0 Å². The average molecular weight is 386 g/mol. The zero-order valence-electron chi connectivity index (χ0n) is 15.9. The third-order valence-corrected chi connectivity index (χ3v) is 5.48. The van der Waals surface area contributed by atoms with Crippen LogP contribution >= 0.6 is 0 Å². The summed E-state index contributed by atoms with van der Waals surface area (Å²) in [5.74, 6) is -0.148. The van der Waals surface area contributed by atoms with Gasteiger partial charge in [0.25, 0.3) is 5.91 Å². The van der Waals surface area contributed by atoms with Crippen molar-refractivity contribution in [3.05, 3.63) is 66.9 Å². The second kappa shape index (κ2) is 7.52. The van der Waals surface area contributed by atoms with Gasteiger partial charge in [-0.3, -0.25) is 14.5 Å². The van der Waals surface area contributed by atoms with Gasteiger partial charge in [-0.2, -0.15) is 5.10 Å². The van der Waals surface area contributed by atoms with Gasteiger partial charge in [-0.05, 0) is 55.8 Å². The monoisotopic (exact) mass is 386 g/mol. The van der Waals surface area contributed by atoms with Crippen molar-refractivity contribution in [2.24, 2.45) is 0 Å². The first-order valence-corrected chi connectivity index (χ1v) is 9.86. The number of rotatable bonds is 4. The molecular weight excluding hydrogens is 364 g/mol. The highest BCUT2D eigenvalue weighted by Crippen LogP contribution is 2.28. The molecule has 1 aliphatic heterocycles. The van der Waals surface area contributed by atoms with Crippen LogP contribution in [0.15, 0.2) is 61.3 Å². The van der Waals surface area contributed by atoms with E-state index < -0.39 is 0 Å². The van der Waals surface area contributed by atoms with Crippen LogP contribution in [0, 0.1) is 0 Å². The fourth-order valence-corrected chi connectivity index (χ4v) is 3.88. The van der Waals surface area contributed by atoms with Crippen molar-refractivity contribution in [3.8, 4) is 11.1 Å². The highest BCUT2D eigenvalue weighted by atomic mass is 16.1. The Balaban J connectivity index is 1.43. The number of hydrogen-bond acceptors (Lipinski definition) is 4. The van der Waals surface area contributed by atoms with Crippen LogP contribution in [-0.4, -0.2) is 38.7 Å². The van der Waals surface area contributed by atoms with Crippen LogP contribution in [0.5, 0.6) is 0 Å². The van der Waals surface area contributed by atoms with Crippen molar-refractivity contribution in [1.82, 2.24) is 25.1 Å². The van der Waals surface area contributed by atoms with Crippen LogP contribution in [0.2, 0.25) is 0 Å². The molecule has 4 heterocycles. The first-order chi connectivity index (χ1) is 14.3. The number of hydrogen-bond donors (Lipinski definition) is 3. The van der Waals surface area contributed by atoms with Crippen LogP contribution in [0.25, 0.3) is 22.0 Å². The van der Waals surface area contributed by atoms with Crippen LogP contribution in [-0.2, 0) is 0 Å². The van der Waals surface area contributed by atoms with E-state index in [2.05, 4.69) is 48.7 Å². The third kappa shape index (κ3) is 3.52. The molecular formula is C22H22N6O. The molecule has 146 valence electrons. The summed E-state index contributed by atoms with van der Waals surface area (Å²) in [6, 6.07) is 10.1. The molecule has 7 heteroatoms. The summed E-state index contributed by atoms with van der Waals surface area (Å²) in [5, 5.41) is 11.8. The first kappa shape index (κ1) is 17.6. The SMILES string of the molecule is O=C(Nc1ccncc1)c1c[nH]c2ccc(-c3cnn(C4CCNCC4)c3)cc12. The van der Waals surface area contributed by atoms with Gasteiger partial charge in [0.15, 0.2) is 0 Å². The van der Waals surface area contributed by atoms with E-state index in [1.807, 2.05) is 12.3 Å². The lowest BCUT2D eigenvalue weighted by atomic mass is 10.0. The quantitative estimate of drug-likeness (QED) is 0.500. The number of anilines is 1. The molecule has 1 saturated heterocycles. The van der Waals surface area contributed by atoms with E-state index in [-0.39, 0.29) is 5.91 Å². The van der Waals surface area contributed by atoms with E-state index in [1.54, 1.807) is 30.7 Å². The van der Waals surface area contributed by atoms with Crippen LogP contribution in [0.1, 0.15) is 29.2 Å². The number of aromatic nitrogens is 4. The Kier molecular flexibility index (Phi) is 4.57. The van der Waals surface area contributed by atoms with E-state index in [1.165, 1.54) is 0 Å². The number of nitrogens with one attached hydrogen (secondary N) is 3. The number of pyridine rings is 1. The summed E-state index contributed by atoms with van der Waals surface area (Å²) in [6.07, 6.45) is 11.3. The molecule has 0 aliphatic carbocycles. The standard InChI is InChI=1S/C22H22N6O/c29-22(27-17-3-7-23-8-4-17)20-13-25-21-2-1-15(11-19(20)21)16-12-26-28(14-16)18-5-9-24-10-6-18/h1-4,7-8,11-14,18,24-25H,5-6,9-10H2,(H,23,27,29). The second-order valence-corrected chi connectivity index (χ2v) is 7.34. The molecule has 3 aromatic heterocycles. The maximum atomic E-state index is 12.8. The zero-order chi connectivity index (χ0) is 19.6. The molecule has 4 aromatic rings. The lowest BCUT2D eigenvalue weighted by Crippen LogP contribution is -2.29. The number of nitrogens with zero attached hydrogens (tertiary/aromatic N) is 3. The van der Waals surface area contributed by atoms with E-state index in [0.29, 0.717) is 11.6 Å². The summed E-state index contributed by atoms with van der Waals surface area (Å²) in [5.41, 5.74) is 4.38. The summed E-state index contributed by atoms with van der Waals surface area (Å²) < 4.78 is 2.08. The Bertz CT molecular complexity index is 1140. The summed E-state index contributed by atoms with van der Waals surface area (Å²) in [7, 11) is 0. The van der Waals surface area contributed by atoms with Gasteiger partial charge >= 0.3 is 0 Å². The molecule has 1 aromatic carbocycles. The predicted octanol–water partition coefficient (Wildman–Crippen LogP) is 3.60. The molecule has 1 aliphatic rings. The molecule has 0 spiro atoms. The summed E-state index contributed by atoms with van der Waals surface area (Å²) >= 11 is 0. The molecule has 0 radical (unpaired) electrons. The smallest absolute Gasteiger partial charge is 0.257 e. The molecule has 1 fully saturated rings. The van der Waals surface area contributed by atoms with Crippen molar-refractivity contribution in [3.63, 3.8) is 0 Å². The zero-order valence-corrected chi connectivity index (χ0v) is 15.9. The minimum absolute atomic E-state index is 0.148. The fraction of sp³-hybridized carbons (Fsp3) is 0.227. The van der Waals surface area contributed by atoms with Gasteiger partial charge in [-0.1, -0.05) is 6.07 Å². The fourth-order valence-electron chi connectivity index (χ4n) is 3.88. The predicted molar refractivity (Wildman–Crippen MR) is 113 cm³/mol. The van der Waals surface area contributed by atoms with E-state index in [0.717, 1.165) is 53.6 Å². The van der Waals surface area contributed by atoms with Crippen LogP contribution in [0.3, 0.4) is 0 Å². The third-order valence-electron chi connectivity index (χ3n) is 5.48. The number of aromatic amines is 1. The Hall–Kier alpha value is -3.45. The number of amides is 1. The molecule has 3 N–H and O–H groups in total. The number of fused-ring (bicyclic) bond motifs is 1. The van der Waals surface area contributed by atoms with Crippen LogP contribution < -0.4 is 10.6 Å². The minimum Gasteiger partial charge on any atom is -0.360 e. The second-order valence-electron chi connectivity index (χ2n) is 7.34. The molecule has 0 bridgehead atoms. The van der Waals surface area contributed by atoms with E-state index >= 15 is 0 Å². The highest BCUT2D eigenvalue weighted by molar-refractivity contribution is 6.13. The van der Waals surface area contributed by atoms with Crippen molar-refractivity contribution in [1.29, 1.82) is 0 Å². The average Bonchev–Trinajstić information content (AvgIpc) is 3.42. The number of piperidine rings is 1. The lowest BCUT2D eigenvalue weighted by Gasteiger charge is -2.22. The number of H-pyrrole nitrogens is 1. The molecule has 0 unspecified atom stereocenters. The van der Waals surface area contributed by atoms with Gasteiger partial charge in [-0.25, -0.2) is 0 Å². The van der Waals surface area contributed by atoms with Crippen molar-refractivity contribution in [2.45, 2.75) is 18.9 Å². The molecule has 7 nitrogen and oxygen atoms in total. The molecule has 1 amide bonds. The molecule has 29 heavy (non-hydrogen) atoms. The Morgan fingerprint density at radius 3 is 2.76 bits per heavy atom. The largest absolute Gasteiger partial charge is 0.360 e. The number of benzene rings is 1. The summed E-state index contributed by atoms with van der Waals surface area (Å²) in [6.45, 7) is 2.07. The number of carbonyl (C=O) groups excluding carboxylic acids is 1. The maximum Gasteiger partial charge on any atom is 0.257 e. The highest BCUT2D eigenvalue weighted by Gasteiger charge is 2.17. The minimum atomic E-state index is -0.148. The number of carbonyl (C=O) groups is 1. The van der Waals surface area contributed by atoms with Gasteiger partial charge in [-0.15, -0.1) is 0 Å². The van der Waals surface area contributed by atoms with E-state index in [4.69, 9.17) is 0 Å². The van der Waals surface area contributed by atoms with Crippen molar-refractivity contribution >= 4 is 22.5 Å². The summed E-state index contributed by atoms with van der Waals surface area (Å²) in [4.78, 5) is 19.9. The first-order valence-electron chi connectivity index (χ1n) is 9.86. The topological polar surface area (TPSA) is 87.6 Å². The Morgan fingerprint density at radius 1 is 1.10 bits per heavy atom. The molecule has 0 atom stereocenters. The van der Waals surface area contributed by atoms with E-state index in [9.17, 15) is 4.79 Å². The van der Waals surface area contributed by atoms with Gasteiger partial charge in [0.2, 0.25) is 0 Å². The van der Waals surface area contributed by atoms with Gasteiger partial charge in [0, 0.05) is 46.9 Å². The van der Waals surface area contributed by atoms with Gasteiger partial charge < -0.3 is 15.6 Å². The maximum absolute atomic E-state index is 12.8. The van der Waals surface area contributed by atoms with Crippen LogP contribution in [0.4, 0.5) is 5.69 Å². The molecule has 0 saturated carbocycles. The van der Waals surface area contributed by atoms with Crippen molar-refractivity contribution in [2.75, 3.05) is 18.4 Å².